The van der Waals surface area contributed by atoms with Gasteiger partial charge in [-0.05, 0) is 33.6 Å². The monoisotopic (exact) mass is 172 g/mol. The summed E-state index contributed by atoms with van der Waals surface area (Å²) in [5, 5.41) is 9.60. The predicted octanol–water partition coefficient (Wildman–Crippen LogP) is 0.894. The van der Waals surface area contributed by atoms with Gasteiger partial charge in [-0.1, -0.05) is 0 Å². The molecule has 1 fully saturated rings. The van der Waals surface area contributed by atoms with Crippen LogP contribution in [-0.2, 0) is 9.53 Å². The summed E-state index contributed by atoms with van der Waals surface area (Å²) in [6.45, 7) is 5.16. The molecule has 0 aromatic heterocycles. The molecule has 1 rings (SSSR count). The van der Waals surface area contributed by atoms with Crippen LogP contribution in [0.5, 0.6) is 0 Å². The lowest BCUT2D eigenvalue weighted by Gasteiger charge is -2.27. The molecule has 0 aromatic carbocycles. The van der Waals surface area contributed by atoms with Gasteiger partial charge in [-0.2, -0.15) is 0 Å². The van der Waals surface area contributed by atoms with Crippen LogP contribution in [0.1, 0.15) is 33.6 Å². The van der Waals surface area contributed by atoms with Crippen LogP contribution in [0.25, 0.3) is 0 Å². The van der Waals surface area contributed by atoms with Crippen molar-refractivity contribution in [1.82, 2.24) is 0 Å². The molecule has 1 aliphatic rings. The summed E-state index contributed by atoms with van der Waals surface area (Å²) in [5.41, 5.74) is -1.52. The van der Waals surface area contributed by atoms with E-state index in [-0.39, 0.29) is 6.10 Å². The maximum absolute atomic E-state index is 10.6. The third-order valence-corrected chi connectivity index (χ3v) is 2.35. The van der Waals surface area contributed by atoms with Crippen LogP contribution < -0.4 is 0 Å². The summed E-state index contributed by atoms with van der Waals surface area (Å²) in [5.74, 6) is 0. The number of ether oxygens (including phenoxy) is 1. The lowest BCUT2D eigenvalue weighted by atomic mass is 9.97. The number of carbonyl (C=O) groups is 1. The molecule has 3 nitrogen and oxygen atoms in total. The molecule has 70 valence electrons. The first-order valence-electron chi connectivity index (χ1n) is 4.24. The van der Waals surface area contributed by atoms with E-state index in [0.29, 0.717) is 6.42 Å². The lowest BCUT2D eigenvalue weighted by molar-refractivity contribution is -0.140. The van der Waals surface area contributed by atoms with Crippen LogP contribution >= 0.6 is 0 Å². The molecule has 0 radical (unpaired) electrons. The zero-order valence-corrected chi connectivity index (χ0v) is 7.83. The van der Waals surface area contributed by atoms with Gasteiger partial charge in [0.1, 0.15) is 5.60 Å². The molecule has 0 spiro atoms. The summed E-state index contributed by atoms with van der Waals surface area (Å²) >= 11 is 0. The Hall–Kier alpha value is -0.410. The molecular formula is C9H16O3. The third kappa shape index (κ3) is 1.84. The van der Waals surface area contributed by atoms with Crippen molar-refractivity contribution in [2.75, 3.05) is 0 Å². The fourth-order valence-corrected chi connectivity index (χ4v) is 1.44. The van der Waals surface area contributed by atoms with E-state index in [1.807, 2.05) is 0 Å². The minimum atomic E-state index is -0.846. The quantitative estimate of drug-likeness (QED) is 0.629. The van der Waals surface area contributed by atoms with Crippen LogP contribution in [0.3, 0.4) is 0 Å². The van der Waals surface area contributed by atoms with Crippen LogP contribution in [0.15, 0.2) is 0 Å². The molecule has 3 heteroatoms. The Morgan fingerprint density at radius 2 is 2.25 bits per heavy atom. The molecule has 0 amide bonds. The summed E-state index contributed by atoms with van der Waals surface area (Å²) < 4.78 is 5.44. The zero-order chi connectivity index (χ0) is 9.41. The van der Waals surface area contributed by atoms with Gasteiger partial charge in [0, 0.05) is 0 Å². The highest BCUT2D eigenvalue weighted by atomic mass is 16.5. The van der Waals surface area contributed by atoms with Gasteiger partial charge >= 0.3 is 0 Å². The number of aliphatic hydroxyl groups is 1. The minimum Gasteiger partial charge on any atom is -0.388 e. The Labute approximate surface area is 72.7 Å². The summed E-state index contributed by atoms with van der Waals surface area (Å²) in [4.78, 5) is 10.6. The van der Waals surface area contributed by atoms with Crippen LogP contribution in [0, 0.1) is 0 Å². The fraction of sp³-hybridized carbons (Fsp3) is 0.889. The van der Waals surface area contributed by atoms with Gasteiger partial charge in [-0.3, -0.25) is 0 Å². The number of hydrogen-bond acceptors (Lipinski definition) is 3. The van der Waals surface area contributed by atoms with Crippen molar-refractivity contribution in [2.45, 2.75) is 50.9 Å². The molecule has 0 bridgehead atoms. The maximum Gasteiger partial charge on any atom is 0.151 e. The van der Waals surface area contributed by atoms with Gasteiger partial charge in [-0.25, -0.2) is 0 Å². The van der Waals surface area contributed by atoms with Crippen LogP contribution in [-0.4, -0.2) is 28.7 Å². The van der Waals surface area contributed by atoms with E-state index in [0.717, 1.165) is 12.7 Å². The first-order chi connectivity index (χ1) is 5.37. The van der Waals surface area contributed by atoms with Gasteiger partial charge < -0.3 is 14.6 Å². The normalized spacial score (nSPS) is 36.8. The Morgan fingerprint density at radius 3 is 2.50 bits per heavy atom. The van der Waals surface area contributed by atoms with Crippen molar-refractivity contribution in [3.63, 3.8) is 0 Å². The van der Waals surface area contributed by atoms with Gasteiger partial charge in [0.25, 0.3) is 0 Å². The molecule has 0 saturated carbocycles. The van der Waals surface area contributed by atoms with Crippen molar-refractivity contribution >= 4 is 6.29 Å². The van der Waals surface area contributed by atoms with E-state index in [9.17, 15) is 9.90 Å². The molecule has 1 N–H and O–H groups in total. The summed E-state index contributed by atoms with van der Waals surface area (Å²) in [7, 11) is 0. The predicted molar refractivity (Wildman–Crippen MR) is 44.9 cm³/mol. The third-order valence-electron chi connectivity index (χ3n) is 2.35. The number of hydrogen-bond donors (Lipinski definition) is 1. The SMILES string of the molecule is CC(C)(O)C1CC[C@@](C)(C=O)O1. The topological polar surface area (TPSA) is 46.5 Å². The van der Waals surface area contributed by atoms with E-state index >= 15 is 0 Å². The Bertz CT molecular complexity index is 183. The number of carbonyl (C=O) groups excluding carboxylic acids is 1. The van der Waals surface area contributed by atoms with Crippen molar-refractivity contribution in [3.8, 4) is 0 Å². The minimum absolute atomic E-state index is 0.215. The Balaban J connectivity index is 2.63. The van der Waals surface area contributed by atoms with E-state index in [4.69, 9.17) is 4.74 Å². The first-order valence-corrected chi connectivity index (χ1v) is 4.24. The van der Waals surface area contributed by atoms with Crippen LogP contribution in [0.4, 0.5) is 0 Å². The molecule has 0 aromatic rings. The average molecular weight is 172 g/mol. The summed E-state index contributed by atoms with van der Waals surface area (Å²) in [6, 6.07) is 0. The smallest absolute Gasteiger partial charge is 0.151 e. The molecule has 1 heterocycles. The maximum atomic E-state index is 10.6. The number of rotatable bonds is 2. The van der Waals surface area contributed by atoms with Gasteiger partial charge in [-0.15, -0.1) is 0 Å². The largest absolute Gasteiger partial charge is 0.388 e. The highest BCUT2D eigenvalue weighted by Gasteiger charge is 2.42. The summed E-state index contributed by atoms with van der Waals surface area (Å²) in [6.07, 6.45) is 2.05. The van der Waals surface area contributed by atoms with Crippen molar-refractivity contribution in [2.24, 2.45) is 0 Å². The van der Waals surface area contributed by atoms with E-state index in [1.54, 1.807) is 20.8 Å². The van der Waals surface area contributed by atoms with Crippen molar-refractivity contribution in [3.05, 3.63) is 0 Å². The van der Waals surface area contributed by atoms with Crippen molar-refractivity contribution < 1.29 is 14.6 Å². The van der Waals surface area contributed by atoms with E-state index < -0.39 is 11.2 Å². The highest BCUT2D eigenvalue weighted by molar-refractivity contribution is 5.62. The van der Waals surface area contributed by atoms with Gasteiger partial charge in [0.15, 0.2) is 6.29 Å². The lowest BCUT2D eigenvalue weighted by Crippen LogP contribution is -2.38. The second kappa shape index (κ2) is 2.82. The Morgan fingerprint density at radius 1 is 1.67 bits per heavy atom. The molecule has 1 aliphatic heterocycles. The Kier molecular flexibility index (Phi) is 2.27. The molecule has 1 unspecified atom stereocenters. The van der Waals surface area contributed by atoms with Gasteiger partial charge in [0.2, 0.25) is 0 Å². The standard InChI is InChI=1S/C9H16O3/c1-8(2,11)7-4-5-9(3,6-10)12-7/h6-7,11H,4-5H2,1-3H3/t7?,9-/m0/s1. The van der Waals surface area contributed by atoms with Crippen LogP contribution in [0.2, 0.25) is 0 Å². The molecule has 1 saturated heterocycles. The second-order valence-corrected chi connectivity index (χ2v) is 4.23. The van der Waals surface area contributed by atoms with E-state index in [2.05, 4.69) is 0 Å². The second-order valence-electron chi connectivity index (χ2n) is 4.23. The average Bonchev–Trinajstić information content (AvgIpc) is 2.32. The molecule has 2 atom stereocenters. The van der Waals surface area contributed by atoms with Crippen molar-refractivity contribution in [1.29, 1.82) is 0 Å². The zero-order valence-electron chi connectivity index (χ0n) is 7.83. The molecule has 0 aliphatic carbocycles. The van der Waals surface area contributed by atoms with Gasteiger partial charge in [0.05, 0.1) is 11.7 Å². The molecule has 12 heavy (non-hydrogen) atoms. The highest BCUT2D eigenvalue weighted by Crippen LogP contribution is 2.33. The van der Waals surface area contributed by atoms with E-state index in [1.165, 1.54) is 0 Å². The fourth-order valence-electron chi connectivity index (χ4n) is 1.44. The molecular weight excluding hydrogens is 156 g/mol. The first kappa shape index (κ1) is 9.68. The number of aldehydes is 1.